The SMILES string of the molecule is CCC1CCCN(c2cc(-c3ccccc3)n(C)[n+]2C)C1. The van der Waals surface area contributed by atoms with E-state index in [2.05, 4.69) is 71.7 Å². The molecule has 0 amide bonds. The molecule has 112 valence electrons. The highest BCUT2D eigenvalue weighted by molar-refractivity contribution is 5.62. The Balaban J connectivity index is 1.94. The van der Waals surface area contributed by atoms with Crippen molar-refractivity contribution < 1.29 is 4.68 Å². The average molecular weight is 284 g/mol. The average Bonchev–Trinajstić information content (AvgIpc) is 2.84. The smallest absolute Gasteiger partial charge is 0.260 e. The number of nitrogens with zero attached hydrogens (tertiary/aromatic N) is 3. The van der Waals surface area contributed by atoms with Crippen LogP contribution in [0.4, 0.5) is 5.82 Å². The fraction of sp³-hybridized carbons (Fsp3) is 0.500. The molecule has 1 aromatic carbocycles. The molecule has 0 saturated carbocycles. The van der Waals surface area contributed by atoms with Gasteiger partial charge in [0.05, 0.1) is 24.8 Å². The highest BCUT2D eigenvalue weighted by Crippen LogP contribution is 2.26. The van der Waals surface area contributed by atoms with E-state index >= 15 is 0 Å². The third kappa shape index (κ3) is 2.69. The van der Waals surface area contributed by atoms with Gasteiger partial charge in [0.25, 0.3) is 5.82 Å². The molecule has 2 aromatic rings. The maximum Gasteiger partial charge on any atom is 0.297 e. The van der Waals surface area contributed by atoms with Gasteiger partial charge in [0.15, 0.2) is 0 Å². The number of rotatable bonds is 3. The largest absolute Gasteiger partial charge is 0.297 e. The lowest BCUT2D eigenvalue weighted by molar-refractivity contribution is -0.738. The van der Waals surface area contributed by atoms with E-state index in [1.807, 2.05) is 0 Å². The summed E-state index contributed by atoms with van der Waals surface area (Å²) in [5.41, 5.74) is 2.57. The van der Waals surface area contributed by atoms with Gasteiger partial charge in [0, 0.05) is 12.6 Å². The second-order valence-electron chi connectivity index (χ2n) is 6.16. The van der Waals surface area contributed by atoms with Crippen LogP contribution in [0.1, 0.15) is 26.2 Å². The van der Waals surface area contributed by atoms with Crippen LogP contribution in [-0.4, -0.2) is 17.8 Å². The van der Waals surface area contributed by atoms with E-state index in [1.54, 1.807) is 0 Å². The van der Waals surface area contributed by atoms with Gasteiger partial charge >= 0.3 is 0 Å². The van der Waals surface area contributed by atoms with E-state index in [0.717, 1.165) is 5.92 Å². The molecular weight excluding hydrogens is 258 g/mol. The fourth-order valence-electron chi connectivity index (χ4n) is 3.41. The summed E-state index contributed by atoms with van der Waals surface area (Å²) < 4.78 is 4.53. The predicted molar refractivity (Wildman–Crippen MR) is 87.3 cm³/mol. The van der Waals surface area contributed by atoms with Gasteiger partial charge in [-0.25, -0.2) is 4.68 Å². The second-order valence-corrected chi connectivity index (χ2v) is 6.16. The van der Waals surface area contributed by atoms with Crippen molar-refractivity contribution in [3.8, 4) is 11.3 Å². The van der Waals surface area contributed by atoms with Crippen LogP contribution in [0, 0.1) is 5.92 Å². The third-order valence-electron chi connectivity index (χ3n) is 4.89. The van der Waals surface area contributed by atoms with E-state index < -0.39 is 0 Å². The normalized spacial score (nSPS) is 19.0. The predicted octanol–water partition coefficient (Wildman–Crippen LogP) is 3.14. The molecule has 1 atom stereocenters. The first-order valence-electron chi connectivity index (χ1n) is 8.07. The van der Waals surface area contributed by atoms with Crippen molar-refractivity contribution in [3.05, 3.63) is 36.4 Å². The van der Waals surface area contributed by atoms with Crippen LogP contribution < -0.4 is 9.58 Å². The molecule has 0 bridgehead atoms. The van der Waals surface area contributed by atoms with Crippen LogP contribution >= 0.6 is 0 Å². The molecule has 3 heteroatoms. The molecule has 3 rings (SSSR count). The van der Waals surface area contributed by atoms with E-state index in [4.69, 9.17) is 0 Å². The Bertz CT molecular complexity index is 600. The quantitative estimate of drug-likeness (QED) is 0.789. The Labute approximate surface area is 127 Å². The van der Waals surface area contributed by atoms with Crippen molar-refractivity contribution in [2.45, 2.75) is 26.2 Å². The summed E-state index contributed by atoms with van der Waals surface area (Å²) in [7, 11) is 4.31. The minimum Gasteiger partial charge on any atom is -0.260 e. The Kier molecular flexibility index (Phi) is 4.00. The maximum atomic E-state index is 2.56. The molecule has 0 radical (unpaired) electrons. The maximum absolute atomic E-state index is 2.56. The lowest BCUT2D eigenvalue weighted by Gasteiger charge is -2.27. The number of aromatic nitrogens is 2. The molecule has 1 aliphatic rings. The van der Waals surface area contributed by atoms with Crippen molar-refractivity contribution in [1.29, 1.82) is 0 Å². The Morgan fingerprint density at radius 1 is 1.24 bits per heavy atom. The molecule has 1 aliphatic heterocycles. The molecule has 1 aromatic heterocycles. The van der Waals surface area contributed by atoms with E-state index in [0.29, 0.717) is 0 Å². The molecule has 2 heterocycles. The number of hydrogen-bond acceptors (Lipinski definition) is 1. The topological polar surface area (TPSA) is 12.1 Å². The minimum absolute atomic E-state index is 0.846. The van der Waals surface area contributed by atoms with Crippen LogP contribution in [0.2, 0.25) is 0 Å². The summed E-state index contributed by atoms with van der Waals surface area (Å²) in [6.45, 7) is 4.69. The van der Waals surface area contributed by atoms with Gasteiger partial charge in [-0.1, -0.05) is 37.3 Å². The zero-order valence-electron chi connectivity index (χ0n) is 13.4. The summed E-state index contributed by atoms with van der Waals surface area (Å²) in [4.78, 5) is 2.56. The van der Waals surface area contributed by atoms with E-state index in [-0.39, 0.29) is 0 Å². The zero-order chi connectivity index (χ0) is 14.8. The molecule has 3 nitrogen and oxygen atoms in total. The van der Waals surface area contributed by atoms with Gasteiger partial charge in [-0.2, -0.15) is 4.68 Å². The Morgan fingerprint density at radius 3 is 2.71 bits per heavy atom. The minimum atomic E-state index is 0.846. The third-order valence-corrected chi connectivity index (χ3v) is 4.89. The van der Waals surface area contributed by atoms with Crippen molar-refractivity contribution in [2.24, 2.45) is 20.0 Å². The summed E-state index contributed by atoms with van der Waals surface area (Å²) >= 11 is 0. The molecule has 1 fully saturated rings. The van der Waals surface area contributed by atoms with Gasteiger partial charge in [0.2, 0.25) is 0 Å². The van der Waals surface area contributed by atoms with Crippen molar-refractivity contribution in [2.75, 3.05) is 18.0 Å². The first kappa shape index (κ1) is 14.2. The van der Waals surface area contributed by atoms with E-state index in [1.165, 1.54) is 49.4 Å². The highest BCUT2D eigenvalue weighted by atomic mass is 15.4. The first-order chi connectivity index (χ1) is 10.2. The van der Waals surface area contributed by atoms with Gasteiger partial charge in [0.1, 0.15) is 7.05 Å². The number of hydrogen-bond donors (Lipinski definition) is 0. The molecular formula is C18H26N3+. The standard InChI is InChI=1S/C18H26N3/c1-4-15-9-8-12-21(14-15)18-13-17(19(2)20(18)3)16-10-6-5-7-11-16/h5-7,10-11,13,15H,4,8-9,12,14H2,1-3H3/q+1. The number of anilines is 1. The molecule has 21 heavy (non-hydrogen) atoms. The van der Waals surface area contributed by atoms with Crippen LogP contribution in [-0.2, 0) is 14.1 Å². The molecule has 1 saturated heterocycles. The monoisotopic (exact) mass is 284 g/mol. The summed E-state index contributed by atoms with van der Waals surface area (Å²) in [6.07, 6.45) is 3.99. The zero-order valence-corrected chi connectivity index (χ0v) is 13.4. The summed E-state index contributed by atoms with van der Waals surface area (Å²) in [5.74, 6) is 2.19. The number of benzene rings is 1. The van der Waals surface area contributed by atoms with Crippen molar-refractivity contribution >= 4 is 5.82 Å². The lowest BCUT2D eigenvalue weighted by Crippen LogP contribution is -2.46. The molecule has 1 unspecified atom stereocenters. The van der Waals surface area contributed by atoms with Crippen LogP contribution in [0.15, 0.2) is 36.4 Å². The van der Waals surface area contributed by atoms with Gasteiger partial charge < -0.3 is 0 Å². The highest BCUT2D eigenvalue weighted by Gasteiger charge is 2.29. The van der Waals surface area contributed by atoms with Gasteiger partial charge in [-0.15, -0.1) is 0 Å². The Hall–Kier alpha value is -1.77. The van der Waals surface area contributed by atoms with Crippen LogP contribution in [0.5, 0.6) is 0 Å². The summed E-state index contributed by atoms with van der Waals surface area (Å²) in [6, 6.07) is 13.0. The molecule has 0 spiro atoms. The van der Waals surface area contributed by atoms with Crippen LogP contribution in [0.3, 0.4) is 0 Å². The summed E-state index contributed by atoms with van der Waals surface area (Å²) in [5, 5.41) is 0. The van der Waals surface area contributed by atoms with Crippen molar-refractivity contribution in [1.82, 2.24) is 4.68 Å². The fourth-order valence-corrected chi connectivity index (χ4v) is 3.41. The van der Waals surface area contributed by atoms with E-state index in [9.17, 15) is 0 Å². The van der Waals surface area contributed by atoms with Gasteiger partial charge in [-0.05, 0) is 25.2 Å². The Morgan fingerprint density at radius 2 is 2.00 bits per heavy atom. The lowest BCUT2D eigenvalue weighted by atomic mass is 9.96. The first-order valence-corrected chi connectivity index (χ1v) is 8.07. The second kappa shape index (κ2) is 5.92. The van der Waals surface area contributed by atoms with Crippen molar-refractivity contribution in [3.63, 3.8) is 0 Å². The molecule has 0 N–H and O–H groups in total. The van der Waals surface area contributed by atoms with Gasteiger partial charge in [-0.3, -0.25) is 4.90 Å². The molecule has 0 aliphatic carbocycles. The van der Waals surface area contributed by atoms with Crippen LogP contribution in [0.25, 0.3) is 11.3 Å². The number of piperidine rings is 1.